The first-order chi connectivity index (χ1) is 18.4. The Labute approximate surface area is 221 Å². The van der Waals surface area contributed by atoms with Crippen LogP contribution in [0.2, 0.25) is 0 Å². The molecule has 3 aromatic rings. The molecule has 5 N–H and O–H groups in total. The molecule has 208 valence electrons. The normalized spacial score (nSPS) is 12.9. The van der Waals surface area contributed by atoms with E-state index in [0.717, 1.165) is 6.21 Å². The van der Waals surface area contributed by atoms with Gasteiger partial charge in [0.2, 0.25) is 0 Å². The van der Waals surface area contributed by atoms with Crippen LogP contribution < -0.4 is 26.1 Å². The minimum atomic E-state index is -4.52. The van der Waals surface area contributed by atoms with Gasteiger partial charge in [0.25, 0.3) is 5.56 Å². The molecule has 0 fully saturated rings. The number of rotatable bonds is 10. The molecule has 0 amide bonds. The number of nitrogens with zero attached hydrogens (tertiary/aromatic N) is 4. The first kappa shape index (κ1) is 29.1. The smallest absolute Gasteiger partial charge is 0.391 e. The molecule has 1 aromatic carbocycles. The third kappa shape index (κ3) is 7.10. The second-order valence-electron chi connectivity index (χ2n) is 8.52. The number of aromatic nitrogens is 4. The van der Waals surface area contributed by atoms with E-state index in [2.05, 4.69) is 20.3 Å². The average molecular weight is 548 g/mol. The Morgan fingerprint density at radius 3 is 2.41 bits per heavy atom. The first-order valence-electron chi connectivity index (χ1n) is 11.5. The summed E-state index contributed by atoms with van der Waals surface area (Å²) in [5, 5.41) is 20.2. The number of aliphatic hydroxyl groups is 1. The van der Waals surface area contributed by atoms with Crippen LogP contribution >= 0.6 is 0 Å². The van der Waals surface area contributed by atoms with Crippen molar-refractivity contribution in [3.8, 4) is 34.1 Å². The largest absolute Gasteiger partial charge is 0.497 e. The summed E-state index contributed by atoms with van der Waals surface area (Å²) < 4.78 is 49.5. The van der Waals surface area contributed by atoms with Crippen LogP contribution in [0.1, 0.15) is 19.0 Å². The highest BCUT2D eigenvalue weighted by molar-refractivity contribution is 6.08. The van der Waals surface area contributed by atoms with Crippen LogP contribution in [-0.2, 0) is 7.05 Å². The average Bonchev–Trinajstić information content (AvgIpc) is 2.88. The summed E-state index contributed by atoms with van der Waals surface area (Å²) >= 11 is 0. The second-order valence-corrected chi connectivity index (χ2v) is 8.52. The number of ether oxygens (including phenoxy) is 2. The van der Waals surface area contributed by atoms with Gasteiger partial charge in [0.05, 0.1) is 38.6 Å². The van der Waals surface area contributed by atoms with Gasteiger partial charge >= 0.3 is 6.18 Å². The third-order valence-corrected chi connectivity index (χ3v) is 5.63. The van der Waals surface area contributed by atoms with Gasteiger partial charge in [-0.3, -0.25) is 4.79 Å². The highest BCUT2D eigenvalue weighted by atomic mass is 19.4. The molecule has 0 bridgehead atoms. The summed E-state index contributed by atoms with van der Waals surface area (Å²) in [7, 11) is 4.49. The van der Waals surface area contributed by atoms with E-state index in [0.29, 0.717) is 17.1 Å². The summed E-state index contributed by atoms with van der Waals surface area (Å²) in [6.07, 6.45) is -3.89. The van der Waals surface area contributed by atoms with Crippen molar-refractivity contribution in [1.82, 2.24) is 24.8 Å². The van der Waals surface area contributed by atoms with Gasteiger partial charge in [-0.1, -0.05) is 0 Å². The zero-order valence-electron chi connectivity index (χ0n) is 21.6. The second kappa shape index (κ2) is 11.9. The number of methoxy groups -OCH3 is 2. The fourth-order valence-electron chi connectivity index (χ4n) is 3.65. The van der Waals surface area contributed by atoms with Crippen molar-refractivity contribution in [1.29, 1.82) is 5.41 Å². The fourth-order valence-corrected chi connectivity index (χ4v) is 3.65. The Morgan fingerprint density at radius 1 is 1.21 bits per heavy atom. The van der Waals surface area contributed by atoms with Crippen LogP contribution in [0.25, 0.3) is 28.2 Å². The van der Waals surface area contributed by atoms with Crippen LogP contribution in [0, 0.1) is 5.41 Å². The molecule has 1 atom stereocenters. The molecule has 0 spiro atoms. The molecule has 14 heteroatoms. The minimum absolute atomic E-state index is 0.00499. The van der Waals surface area contributed by atoms with Crippen LogP contribution in [0.15, 0.2) is 41.1 Å². The molecule has 11 nitrogen and oxygen atoms in total. The van der Waals surface area contributed by atoms with Crippen molar-refractivity contribution in [2.24, 2.45) is 7.05 Å². The number of nitrogens with two attached hydrogens (primary N) is 1. The molecule has 0 saturated carbocycles. The number of aryl methyl sites for hydroxylation is 1. The van der Waals surface area contributed by atoms with Gasteiger partial charge in [0.1, 0.15) is 28.6 Å². The molecule has 0 aliphatic carbocycles. The molecule has 39 heavy (non-hydrogen) atoms. The third-order valence-electron chi connectivity index (χ3n) is 5.63. The fraction of sp³-hybridized carbons (Fsp3) is 0.320. The van der Waals surface area contributed by atoms with E-state index in [4.69, 9.17) is 20.6 Å². The van der Waals surface area contributed by atoms with Crippen LogP contribution in [0.4, 0.5) is 19.0 Å². The van der Waals surface area contributed by atoms with Crippen molar-refractivity contribution >= 4 is 17.6 Å². The quantitative estimate of drug-likeness (QED) is 0.280. The zero-order valence-corrected chi connectivity index (χ0v) is 21.6. The number of hydrogen-bond acceptors (Lipinski definition) is 10. The van der Waals surface area contributed by atoms with Crippen LogP contribution in [0.5, 0.6) is 11.5 Å². The maximum atomic E-state index is 13.0. The lowest BCUT2D eigenvalue weighted by Gasteiger charge is -2.16. The number of anilines is 1. The number of benzene rings is 1. The lowest BCUT2D eigenvalue weighted by atomic mass is 10.1. The standard InChI is InChI=1S/C25H28F3N7O4/c1-13(31-10-15(36)8-25(26,27)28)18(9-29)19-11-32-23(30)22(33-19)20-12-35(2)24(37)21(34-20)14-5-16(38-3)7-17(6-14)39-4/h5-7,9,11-12,15,29,31,36H,8,10H2,1-4H3,(H2,30,32)/b18-13+,29-9?/t15-/m0/s1. The topological polar surface area (TPSA) is 161 Å². The van der Waals surface area contributed by atoms with Gasteiger partial charge in [-0.2, -0.15) is 13.2 Å². The Balaban J connectivity index is 2.05. The molecule has 0 radical (unpaired) electrons. The molecule has 2 heterocycles. The number of alkyl halides is 3. The maximum Gasteiger partial charge on any atom is 0.391 e. The number of aliphatic hydroxyl groups excluding tert-OH is 1. The Morgan fingerprint density at radius 2 is 1.85 bits per heavy atom. The van der Waals surface area contributed by atoms with Gasteiger partial charge in [-0.15, -0.1) is 0 Å². The Kier molecular flexibility index (Phi) is 8.91. The monoisotopic (exact) mass is 547 g/mol. The number of halogens is 3. The zero-order chi connectivity index (χ0) is 28.9. The van der Waals surface area contributed by atoms with Crippen molar-refractivity contribution in [3.05, 3.63) is 52.3 Å². The molecular formula is C25H28F3N7O4. The predicted octanol–water partition coefficient (Wildman–Crippen LogP) is 2.79. The van der Waals surface area contributed by atoms with E-state index < -0.39 is 30.8 Å². The molecule has 0 saturated heterocycles. The number of nitrogen functional groups attached to an aromatic ring is 1. The highest BCUT2D eigenvalue weighted by Crippen LogP contribution is 2.29. The van der Waals surface area contributed by atoms with Gasteiger partial charge in [-0.25, -0.2) is 15.0 Å². The number of allylic oxidation sites excluding steroid dienone is 2. The van der Waals surface area contributed by atoms with Crippen molar-refractivity contribution in [3.63, 3.8) is 0 Å². The number of nitrogens with one attached hydrogen (secondary N) is 2. The van der Waals surface area contributed by atoms with Gasteiger partial charge in [-0.05, 0) is 19.1 Å². The summed E-state index contributed by atoms with van der Waals surface area (Å²) in [6.45, 7) is 1.13. The van der Waals surface area contributed by atoms with Crippen molar-refractivity contribution < 1.29 is 27.8 Å². The van der Waals surface area contributed by atoms with Gasteiger partial charge in [0, 0.05) is 48.9 Å². The summed E-state index contributed by atoms with van der Waals surface area (Å²) in [5.41, 5.74) is 7.16. The van der Waals surface area contributed by atoms with Crippen LogP contribution in [0.3, 0.4) is 0 Å². The molecular weight excluding hydrogens is 519 g/mol. The van der Waals surface area contributed by atoms with E-state index in [1.165, 1.54) is 45.2 Å². The summed E-state index contributed by atoms with van der Waals surface area (Å²) in [6, 6.07) is 4.90. The summed E-state index contributed by atoms with van der Waals surface area (Å²) in [5.74, 6) is 0.891. The van der Waals surface area contributed by atoms with Crippen molar-refractivity contribution in [2.45, 2.75) is 25.6 Å². The van der Waals surface area contributed by atoms with E-state index >= 15 is 0 Å². The lowest BCUT2D eigenvalue weighted by molar-refractivity contribution is -0.152. The number of hydrogen-bond donors (Lipinski definition) is 4. The first-order valence-corrected chi connectivity index (χ1v) is 11.5. The molecule has 2 aromatic heterocycles. The minimum Gasteiger partial charge on any atom is -0.497 e. The van der Waals surface area contributed by atoms with Crippen LogP contribution in [-0.4, -0.2) is 63.9 Å². The van der Waals surface area contributed by atoms with Gasteiger partial charge < -0.3 is 35.6 Å². The van der Waals surface area contributed by atoms with Gasteiger partial charge in [0.15, 0.2) is 5.82 Å². The van der Waals surface area contributed by atoms with E-state index in [1.807, 2.05) is 0 Å². The van der Waals surface area contributed by atoms with Crippen molar-refractivity contribution in [2.75, 3.05) is 26.5 Å². The van der Waals surface area contributed by atoms with E-state index in [9.17, 15) is 23.1 Å². The summed E-state index contributed by atoms with van der Waals surface area (Å²) in [4.78, 5) is 26.1. The highest BCUT2D eigenvalue weighted by Gasteiger charge is 2.31. The predicted molar refractivity (Wildman–Crippen MR) is 140 cm³/mol. The molecule has 0 aliphatic heterocycles. The van der Waals surface area contributed by atoms with E-state index in [1.54, 1.807) is 18.2 Å². The lowest BCUT2D eigenvalue weighted by Crippen LogP contribution is -2.30. The SMILES string of the molecule is COc1cc(OC)cc(-c2nc(-c3nc(/C(C=N)=C(\C)NC[C@@H](O)CC(F)(F)F)cnc3N)cn(C)c2=O)c1. The molecule has 0 aliphatic rings. The molecule has 3 rings (SSSR count). The molecule has 0 unspecified atom stereocenters. The Bertz CT molecular complexity index is 1430. The Hall–Kier alpha value is -4.46. The maximum absolute atomic E-state index is 13.0. The van der Waals surface area contributed by atoms with E-state index in [-0.39, 0.29) is 39.9 Å².